The Labute approximate surface area is 121 Å². The van der Waals surface area contributed by atoms with Crippen molar-refractivity contribution >= 4 is 34.1 Å². The summed E-state index contributed by atoms with van der Waals surface area (Å²) < 4.78 is 0. The maximum absolute atomic E-state index is 12.0. The summed E-state index contributed by atoms with van der Waals surface area (Å²) in [5.74, 6) is -1.49. The van der Waals surface area contributed by atoms with E-state index in [4.69, 9.17) is 5.11 Å². The molecule has 0 aliphatic heterocycles. The molecule has 2 amide bonds. The quantitative estimate of drug-likeness (QED) is 0.716. The van der Waals surface area contributed by atoms with Gasteiger partial charge in [-0.25, -0.2) is 0 Å². The van der Waals surface area contributed by atoms with Crippen LogP contribution in [-0.2, 0) is 16.0 Å². The fourth-order valence-electron chi connectivity index (χ4n) is 1.47. The Balaban J connectivity index is 2.80. The summed E-state index contributed by atoms with van der Waals surface area (Å²) in [5.41, 5.74) is 0.388. The van der Waals surface area contributed by atoms with Gasteiger partial charge >= 0.3 is 5.97 Å². The molecular weight excluding hydrogens is 280 g/mol. The number of aryl methyl sites for hydroxylation is 1. The molecule has 0 aromatic carbocycles. The second-order valence-corrected chi connectivity index (χ2v) is 5.25. The summed E-state index contributed by atoms with van der Waals surface area (Å²) in [7, 11) is 0. The highest BCUT2D eigenvalue weighted by Gasteiger charge is 2.17. The van der Waals surface area contributed by atoms with Crippen molar-refractivity contribution in [3.8, 4) is 0 Å². The van der Waals surface area contributed by atoms with Gasteiger partial charge in [0.25, 0.3) is 5.91 Å². The van der Waals surface area contributed by atoms with Gasteiger partial charge in [0, 0.05) is 17.8 Å². The SMILES string of the molecule is CCC(=O)Nc1sc(CC)cc1C(=O)NCCC(=O)O. The first-order chi connectivity index (χ1) is 9.47. The zero-order valence-corrected chi connectivity index (χ0v) is 12.3. The maximum Gasteiger partial charge on any atom is 0.305 e. The Morgan fingerprint density at radius 2 is 2.00 bits per heavy atom. The molecule has 0 bridgehead atoms. The Hall–Kier alpha value is -1.89. The van der Waals surface area contributed by atoms with Gasteiger partial charge in [0.1, 0.15) is 5.00 Å². The number of carbonyl (C=O) groups is 3. The van der Waals surface area contributed by atoms with Gasteiger partial charge in [0.2, 0.25) is 5.91 Å². The Morgan fingerprint density at radius 1 is 1.30 bits per heavy atom. The molecule has 0 spiro atoms. The van der Waals surface area contributed by atoms with Crippen molar-refractivity contribution in [2.75, 3.05) is 11.9 Å². The summed E-state index contributed by atoms with van der Waals surface area (Å²) in [6.45, 7) is 3.76. The highest BCUT2D eigenvalue weighted by atomic mass is 32.1. The normalized spacial score (nSPS) is 10.1. The van der Waals surface area contributed by atoms with Crippen LogP contribution in [0, 0.1) is 0 Å². The van der Waals surface area contributed by atoms with E-state index in [2.05, 4.69) is 10.6 Å². The summed E-state index contributed by atoms with van der Waals surface area (Å²) in [6, 6.07) is 1.73. The van der Waals surface area contributed by atoms with Gasteiger partial charge in [-0.1, -0.05) is 13.8 Å². The molecule has 0 fully saturated rings. The highest BCUT2D eigenvalue weighted by Crippen LogP contribution is 2.28. The van der Waals surface area contributed by atoms with Gasteiger partial charge in [-0.2, -0.15) is 0 Å². The van der Waals surface area contributed by atoms with Crippen LogP contribution in [0.1, 0.15) is 41.9 Å². The van der Waals surface area contributed by atoms with Crippen molar-refractivity contribution in [3.05, 3.63) is 16.5 Å². The first kappa shape index (κ1) is 16.2. The minimum absolute atomic E-state index is 0.0621. The second-order valence-electron chi connectivity index (χ2n) is 4.11. The van der Waals surface area contributed by atoms with E-state index in [-0.39, 0.29) is 24.8 Å². The van der Waals surface area contributed by atoms with E-state index in [9.17, 15) is 14.4 Å². The van der Waals surface area contributed by atoms with E-state index < -0.39 is 5.97 Å². The molecule has 0 saturated heterocycles. The number of thiophene rings is 1. The molecule has 0 radical (unpaired) electrons. The lowest BCUT2D eigenvalue weighted by Crippen LogP contribution is -2.26. The van der Waals surface area contributed by atoms with Crippen molar-refractivity contribution in [1.29, 1.82) is 0 Å². The standard InChI is InChI=1S/C13H18N2O4S/c1-3-8-7-9(12(19)14-6-5-11(17)18)13(20-8)15-10(16)4-2/h7H,3-6H2,1-2H3,(H,14,19)(H,15,16)(H,17,18). The Kier molecular flexibility index (Phi) is 6.17. The lowest BCUT2D eigenvalue weighted by atomic mass is 10.2. The van der Waals surface area contributed by atoms with Crippen molar-refractivity contribution in [1.82, 2.24) is 5.32 Å². The molecule has 20 heavy (non-hydrogen) atoms. The zero-order valence-electron chi connectivity index (χ0n) is 11.5. The number of hydrogen-bond donors (Lipinski definition) is 3. The van der Waals surface area contributed by atoms with Gasteiger partial charge in [-0.3, -0.25) is 14.4 Å². The summed E-state index contributed by atoms with van der Waals surface area (Å²) >= 11 is 1.36. The number of carbonyl (C=O) groups excluding carboxylic acids is 2. The largest absolute Gasteiger partial charge is 0.481 e. The summed E-state index contributed by atoms with van der Waals surface area (Å²) in [4.78, 5) is 34.8. The van der Waals surface area contributed by atoms with Crippen molar-refractivity contribution < 1.29 is 19.5 Å². The van der Waals surface area contributed by atoms with Gasteiger partial charge < -0.3 is 15.7 Å². The Bertz CT molecular complexity index is 510. The number of aliphatic carboxylic acids is 1. The number of amides is 2. The lowest BCUT2D eigenvalue weighted by Gasteiger charge is -2.05. The number of carboxylic acids is 1. The van der Waals surface area contributed by atoms with Crippen LogP contribution >= 0.6 is 11.3 Å². The van der Waals surface area contributed by atoms with Crippen LogP contribution in [0.25, 0.3) is 0 Å². The molecule has 0 unspecified atom stereocenters. The monoisotopic (exact) mass is 298 g/mol. The summed E-state index contributed by atoms with van der Waals surface area (Å²) in [5, 5.41) is 14.3. The minimum atomic E-state index is -0.968. The molecule has 6 nitrogen and oxygen atoms in total. The smallest absolute Gasteiger partial charge is 0.305 e. The van der Waals surface area contributed by atoms with E-state index in [1.807, 2.05) is 6.92 Å². The molecule has 3 N–H and O–H groups in total. The molecule has 1 heterocycles. The third kappa shape index (κ3) is 4.65. The lowest BCUT2D eigenvalue weighted by molar-refractivity contribution is -0.136. The molecule has 0 atom stereocenters. The predicted octanol–water partition coefficient (Wildman–Crippen LogP) is 1.86. The van der Waals surface area contributed by atoms with Crippen LogP contribution in [-0.4, -0.2) is 29.4 Å². The highest BCUT2D eigenvalue weighted by molar-refractivity contribution is 7.16. The van der Waals surface area contributed by atoms with Crippen LogP contribution in [0.5, 0.6) is 0 Å². The van der Waals surface area contributed by atoms with Gasteiger partial charge in [-0.15, -0.1) is 11.3 Å². The zero-order chi connectivity index (χ0) is 15.1. The first-order valence-corrected chi connectivity index (χ1v) is 7.22. The number of hydrogen-bond acceptors (Lipinski definition) is 4. The number of nitrogens with one attached hydrogen (secondary N) is 2. The number of rotatable bonds is 7. The van der Waals surface area contributed by atoms with Crippen LogP contribution in [0.3, 0.4) is 0 Å². The fourth-order valence-corrected chi connectivity index (χ4v) is 2.48. The molecule has 110 valence electrons. The summed E-state index contributed by atoms with van der Waals surface area (Å²) in [6.07, 6.45) is 0.967. The van der Waals surface area contributed by atoms with E-state index in [1.165, 1.54) is 11.3 Å². The van der Waals surface area contributed by atoms with Crippen molar-refractivity contribution in [2.24, 2.45) is 0 Å². The first-order valence-electron chi connectivity index (χ1n) is 6.40. The fraction of sp³-hybridized carbons (Fsp3) is 0.462. The molecule has 0 saturated carbocycles. The van der Waals surface area contributed by atoms with Crippen LogP contribution in [0.15, 0.2) is 6.07 Å². The van der Waals surface area contributed by atoms with E-state index in [0.29, 0.717) is 17.0 Å². The molecule has 0 aliphatic rings. The number of anilines is 1. The third-order valence-corrected chi connectivity index (χ3v) is 3.77. The average Bonchev–Trinajstić information content (AvgIpc) is 2.81. The number of carboxylic acid groups (broad SMARTS) is 1. The van der Waals surface area contributed by atoms with E-state index in [0.717, 1.165) is 11.3 Å². The van der Waals surface area contributed by atoms with Crippen LogP contribution in [0.2, 0.25) is 0 Å². The predicted molar refractivity (Wildman–Crippen MR) is 77.2 cm³/mol. The molecule has 1 aromatic heterocycles. The Morgan fingerprint density at radius 3 is 2.55 bits per heavy atom. The van der Waals surface area contributed by atoms with Crippen LogP contribution < -0.4 is 10.6 Å². The van der Waals surface area contributed by atoms with Gasteiger partial charge in [0.15, 0.2) is 0 Å². The van der Waals surface area contributed by atoms with Crippen LogP contribution in [0.4, 0.5) is 5.00 Å². The minimum Gasteiger partial charge on any atom is -0.481 e. The molecular formula is C13H18N2O4S. The average molecular weight is 298 g/mol. The van der Waals surface area contributed by atoms with E-state index >= 15 is 0 Å². The molecule has 7 heteroatoms. The van der Waals surface area contributed by atoms with Crippen molar-refractivity contribution in [3.63, 3.8) is 0 Å². The van der Waals surface area contributed by atoms with E-state index in [1.54, 1.807) is 13.0 Å². The topological polar surface area (TPSA) is 95.5 Å². The maximum atomic E-state index is 12.0. The molecule has 1 aromatic rings. The molecule has 0 aliphatic carbocycles. The second kappa shape index (κ2) is 7.64. The third-order valence-electron chi connectivity index (χ3n) is 2.57. The van der Waals surface area contributed by atoms with Gasteiger partial charge in [-0.05, 0) is 12.5 Å². The van der Waals surface area contributed by atoms with Gasteiger partial charge in [0.05, 0.1) is 12.0 Å². The molecule has 1 rings (SSSR count). The van der Waals surface area contributed by atoms with Crippen molar-refractivity contribution in [2.45, 2.75) is 33.1 Å².